The van der Waals surface area contributed by atoms with E-state index < -0.39 is 0 Å². The molecule has 122 valence electrons. The predicted molar refractivity (Wildman–Crippen MR) is 93.2 cm³/mol. The smallest absolute Gasteiger partial charge is 0.194 e. The van der Waals surface area contributed by atoms with Crippen LogP contribution in [-0.4, -0.2) is 25.5 Å². The Morgan fingerprint density at radius 3 is 3.00 bits per heavy atom. The van der Waals surface area contributed by atoms with E-state index >= 15 is 0 Å². The number of aryl methyl sites for hydroxylation is 4. The summed E-state index contributed by atoms with van der Waals surface area (Å²) in [5, 5.41) is 3.64. The zero-order valence-electron chi connectivity index (χ0n) is 14.0. The molecular weight excluding hydrogens is 306 g/mol. The number of nitrogens with zero attached hydrogens (tertiary/aromatic N) is 4. The first-order valence-electron chi connectivity index (χ1n) is 8.30. The standard InChI is InChI=1S/C17H23N5S/c1-11-9-21-6-4-5-14(16(21)19-11)7-18-8-15-13(3)20-17-22(15)10-12(2)23-17/h9-10,14,18H,4-8H2,1-3H3/t14-/m1/s1. The van der Waals surface area contributed by atoms with Crippen LogP contribution in [0.3, 0.4) is 0 Å². The monoisotopic (exact) mass is 329 g/mol. The summed E-state index contributed by atoms with van der Waals surface area (Å²) in [4.78, 5) is 11.8. The van der Waals surface area contributed by atoms with Crippen molar-refractivity contribution in [2.24, 2.45) is 0 Å². The first-order chi connectivity index (χ1) is 11.1. The summed E-state index contributed by atoms with van der Waals surface area (Å²) in [6, 6.07) is 0. The first-order valence-corrected chi connectivity index (χ1v) is 9.12. The van der Waals surface area contributed by atoms with Gasteiger partial charge in [0.25, 0.3) is 0 Å². The molecular formula is C17H23N5S. The Kier molecular flexibility index (Phi) is 3.73. The maximum Gasteiger partial charge on any atom is 0.194 e. The molecule has 3 aromatic rings. The fraction of sp³-hybridized carbons (Fsp3) is 0.529. The van der Waals surface area contributed by atoms with E-state index in [4.69, 9.17) is 4.98 Å². The zero-order chi connectivity index (χ0) is 16.0. The molecule has 3 aromatic heterocycles. The molecule has 0 saturated heterocycles. The third-order valence-corrected chi connectivity index (χ3v) is 5.57. The first kappa shape index (κ1) is 14.9. The van der Waals surface area contributed by atoms with Crippen molar-refractivity contribution in [1.29, 1.82) is 0 Å². The normalized spacial score (nSPS) is 17.8. The SMILES string of the molecule is Cc1cn2c(n1)[C@@H](CNCc1c(C)nc3sc(C)cn13)CCC2. The van der Waals surface area contributed by atoms with Gasteiger partial charge < -0.3 is 9.88 Å². The van der Waals surface area contributed by atoms with E-state index in [2.05, 4.69) is 52.4 Å². The molecule has 5 nitrogen and oxygen atoms in total. The minimum Gasteiger partial charge on any atom is -0.334 e. The predicted octanol–water partition coefficient (Wildman–Crippen LogP) is 3.18. The van der Waals surface area contributed by atoms with Crippen LogP contribution in [0.5, 0.6) is 0 Å². The van der Waals surface area contributed by atoms with Crippen molar-refractivity contribution in [1.82, 2.24) is 24.3 Å². The van der Waals surface area contributed by atoms with Gasteiger partial charge in [0.15, 0.2) is 4.96 Å². The van der Waals surface area contributed by atoms with Crippen LogP contribution < -0.4 is 5.32 Å². The van der Waals surface area contributed by atoms with Crippen LogP contribution in [0, 0.1) is 20.8 Å². The average Bonchev–Trinajstić information content (AvgIpc) is 3.12. The van der Waals surface area contributed by atoms with Crippen molar-refractivity contribution in [2.75, 3.05) is 6.54 Å². The van der Waals surface area contributed by atoms with E-state index in [-0.39, 0.29) is 0 Å². The lowest BCUT2D eigenvalue weighted by molar-refractivity contribution is 0.422. The van der Waals surface area contributed by atoms with Gasteiger partial charge in [0, 0.05) is 42.8 Å². The quantitative estimate of drug-likeness (QED) is 0.800. The molecule has 1 aliphatic heterocycles. The Hall–Kier alpha value is -1.66. The maximum absolute atomic E-state index is 4.73. The molecule has 0 bridgehead atoms. The summed E-state index contributed by atoms with van der Waals surface area (Å²) in [5.74, 6) is 1.77. The van der Waals surface area contributed by atoms with Crippen LogP contribution in [0.4, 0.5) is 0 Å². The third-order valence-electron chi connectivity index (χ3n) is 4.67. The molecule has 0 spiro atoms. The van der Waals surface area contributed by atoms with Gasteiger partial charge in [0.1, 0.15) is 5.82 Å². The molecule has 0 amide bonds. The van der Waals surface area contributed by atoms with Crippen molar-refractivity contribution in [3.63, 3.8) is 0 Å². The van der Waals surface area contributed by atoms with Crippen molar-refractivity contribution >= 4 is 16.3 Å². The molecule has 4 heterocycles. The van der Waals surface area contributed by atoms with Gasteiger partial charge in [0.05, 0.1) is 17.1 Å². The molecule has 1 atom stereocenters. The molecule has 1 aliphatic rings. The highest BCUT2D eigenvalue weighted by Gasteiger charge is 2.22. The van der Waals surface area contributed by atoms with E-state index in [0.29, 0.717) is 5.92 Å². The van der Waals surface area contributed by atoms with Gasteiger partial charge in [-0.15, -0.1) is 11.3 Å². The molecule has 0 fully saturated rings. The second-order valence-electron chi connectivity index (χ2n) is 6.54. The Bertz CT molecular complexity index is 841. The summed E-state index contributed by atoms with van der Waals surface area (Å²) in [5.41, 5.74) is 3.54. The van der Waals surface area contributed by atoms with Crippen molar-refractivity contribution in [3.05, 3.63) is 40.2 Å². The zero-order valence-corrected chi connectivity index (χ0v) is 14.8. The Morgan fingerprint density at radius 1 is 1.26 bits per heavy atom. The number of thiazole rings is 1. The summed E-state index contributed by atoms with van der Waals surface area (Å²) in [6.07, 6.45) is 6.84. The fourth-order valence-corrected chi connectivity index (χ4v) is 4.48. The van der Waals surface area contributed by atoms with Crippen LogP contribution in [-0.2, 0) is 13.1 Å². The van der Waals surface area contributed by atoms with E-state index in [1.807, 2.05) is 0 Å². The fourth-order valence-electron chi connectivity index (χ4n) is 3.59. The topological polar surface area (TPSA) is 47.2 Å². The minimum atomic E-state index is 0.519. The summed E-state index contributed by atoms with van der Waals surface area (Å²) < 4.78 is 4.56. The van der Waals surface area contributed by atoms with Crippen LogP contribution in [0.15, 0.2) is 12.4 Å². The Morgan fingerprint density at radius 2 is 2.13 bits per heavy atom. The number of rotatable bonds is 4. The summed E-state index contributed by atoms with van der Waals surface area (Å²) in [6.45, 7) is 9.27. The van der Waals surface area contributed by atoms with E-state index in [0.717, 1.165) is 36.0 Å². The van der Waals surface area contributed by atoms with E-state index in [1.165, 1.54) is 29.2 Å². The third kappa shape index (κ3) is 2.70. The summed E-state index contributed by atoms with van der Waals surface area (Å²) in [7, 11) is 0. The molecule has 0 aromatic carbocycles. The minimum absolute atomic E-state index is 0.519. The van der Waals surface area contributed by atoms with Gasteiger partial charge in [-0.1, -0.05) is 0 Å². The lowest BCUT2D eigenvalue weighted by Gasteiger charge is -2.23. The van der Waals surface area contributed by atoms with E-state index in [1.54, 1.807) is 11.3 Å². The number of nitrogens with one attached hydrogen (secondary N) is 1. The van der Waals surface area contributed by atoms with Gasteiger partial charge >= 0.3 is 0 Å². The van der Waals surface area contributed by atoms with Crippen LogP contribution in [0.1, 0.15) is 46.5 Å². The molecule has 0 unspecified atom stereocenters. The van der Waals surface area contributed by atoms with Gasteiger partial charge in [-0.2, -0.15) is 0 Å². The maximum atomic E-state index is 4.73. The molecule has 0 radical (unpaired) electrons. The highest BCUT2D eigenvalue weighted by atomic mass is 32.1. The largest absolute Gasteiger partial charge is 0.334 e. The molecule has 0 aliphatic carbocycles. The highest BCUT2D eigenvalue weighted by Crippen LogP contribution is 2.26. The number of imidazole rings is 2. The Labute approximate surface area is 140 Å². The summed E-state index contributed by atoms with van der Waals surface area (Å²) >= 11 is 1.75. The second-order valence-corrected chi connectivity index (χ2v) is 7.76. The second kappa shape index (κ2) is 5.76. The van der Waals surface area contributed by atoms with Crippen molar-refractivity contribution in [3.8, 4) is 0 Å². The average molecular weight is 329 g/mol. The number of fused-ring (bicyclic) bond motifs is 2. The van der Waals surface area contributed by atoms with Crippen LogP contribution in [0.25, 0.3) is 4.96 Å². The van der Waals surface area contributed by atoms with Crippen molar-refractivity contribution < 1.29 is 0 Å². The van der Waals surface area contributed by atoms with Gasteiger partial charge in [-0.25, -0.2) is 9.97 Å². The van der Waals surface area contributed by atoms with E-state index in [9.17, 15) is 0 Å². The lowest BCUT2D eigenvalue weighted by Crippen LogP contribution is -2.27. The van der Waals surface area contributed by atoms with Gasteiger partial charge in [-0.05, 0) is 33.6 Å². The molecule has 1 N–H and O–H groups in total. The lowest BCUT2D eigenvalue weighted by atomic mass is 9.99. The van der Waals surface area contributed by atoms with Crippen LogP contribution in [0.2, 0.25) is 0 Å². The van der Waals surface area contributed by atoms with Gasteiger partial charge in [0.2, 0.25) is 0 Å². The highest BCUT2D eigenvalue weighted by molar-refractivity contribution is 7.17. The molecule has 0 saturated carbocycles. The van der Waals surface area contributed by atoms with Crippen LogP contribution >= 0.6 is 11.3 Å². The molecule has 6 heteroatoms. The molecule has 4 rings (SSSR count). The Balaban J connectivity index is 1.47. The number of hydrogen-bond acceptors (Lipinski definition) is 4. The molecule has 23 heavy (non-hydrogen) atoms. The van der Waals surface area contributed by atoms with Gasteiger partial charge in [-0.3, -0.25) is 4.40 Å². The van der Waals surface area contributed by atoms with Crippen molar-refractivity contribution in [2.45, 2.75) is 52.6 Å². The number of aromatic nitrogens is 4. The number of hydrogen-bond donors (Lipinski definition) is 1.